The molecule has 0 saturated heterocycles. The van der Waals surface area contributed by atoms with Crippen molar-refractivity contribution in [3.63, 3.8) is 0 Å². The number of hydrogen-bond donors (Lipinski definition) is 1. The number of halogens is 1. The average Bonchev–Trinajstić information content (AvgIpc) is 2.88. The van der Waals surface area contributed by atoms with E-state index in [2.05, 4.69) is 69.3 Å². The van der Waals surface area contributed by atoms with Crippen molar-refractivity contribution in [1.29, 1.82) is 0 Å². The third-order valence-corrected chi connectivity index (χ3v) is 4.49. The molecule has 0 saturated carbocycles. The summed E-state index contributed by atoms with van der Waals surface area (Å²) in [5.74, 6) is 0. The number of rotatable bonds is 6. The van der Waals surface area contributed by atoms with Gasteiger partial charge < -0.3 is 5.32 Å². The zero-order valence-corrected chi connectivity index (χ0v) is 12.9. The number of aryl methyl sites for hydroxylation is 1. The van der Waals surface area contributed by atoms with Gasteiger partial charge in [0.15, 0.2) is 0 Å². The largest absolute Gasteiger partial charge is 0.310 e. The van der Waals surface area contributed by atoms with Crippen molar-refractivity contribution in [2.45, 2.75) is 25.8 Å². The predicted octanol–water partition coefficient (Wildman–Crippen LogP) is 4.79. The predicted molar refractivity (Wildman–Crippen MR) is 83.2 cm³/mol. The van der Waals surface area contributed by atoms with Gasteiger partial charge >= 0.3 is 0 Å². The Morgan fingerprint density at radius 1 is 1.28 bits per heavy atom. The van der Waals surface area contributed by atoms with E-state index in [0.717, 1.165) is 19.4 Å². The number of benzene rings is 1. The summed E-state index contributed by atoms with van der Waals surface area (Å²) in [5, 5.41) is 7.96. The first-order chi connectivity index (χ1) is 8.81. The Hall–Kier alpha value is -0.640. The summed E-state index contributed by atoms with van der Waals surface area (Å²) >= 11 is 5.42. The summed E-state index contributed by atoms with van der Waals surface area (Å²) in [6.45, 7) is 3.16. The molecule has 96 valence electrons. The van der Waals surface area contributed by atoms with Crippen molar-refractivity contribution in [3.05, 3.63) is 56.7 Å². The summed E-state index contributed by atoms with van der Waals surface area (Å²) in [5.41, 5.74) is 2.80. The highest BCUT2D eigenvalue weighted by molar-refractivity contribution is 9.10. The van der Waals surface area contributed by atoms with Gasteiger partial charge in [0, 0.05) is 10.5 Å². The van der Waals surface area contributed by atoms with Crippen molar-refractivity contribution >= 4 is 27.3 Å². The van der Waals surface area contributed by atoms with Gasteiger partial charge in [0.05, 0.1) is 0 Å². The summed E-state index contributed by atoms with van der Waals surface area (Å²) in [7, 11) is 0. The Balaban J connectivity index is 2.06. The molecule has 1 aromatic carbocycles. The van der Waals surface area contributed by atoms with Crippen LogP contribution in [0.1, 0.15) is 30.5 Å². The SMILES string of the molecule is CCNC(CCc1ccsc1)c1ccccc1Br. The number of thiophene rings is 1. The fourth-order valence-electron chi connectivity index (χ4n) is 2.12. The van der Waals surface area contributed by atoms with Gasteiger partial charge in [-0.15, -0.1) is 0 Å². The van der Waals surface area contributed by atoms with E-state index in [0.29, 0.717) is 6.04 Å². The smallest absolute Gasteiger partial charge is 0.0334 e. The third-order valence-electron chi connectivity index (χ3n) is 3.03. The molecule has 1 heterocycles. The normalized spacial score (nSPS) is 12.6. The van der Waals surface area contributed by atoms with Crippen molar-refractivity contribution < 1.29 is 0 Å². The maximum Gasteiger partial charge on any atom is 0.0334 e. The minimum Gasteiger partial charge on any atom is -0.310 e. The van der Waals surface area contributed by atoms with Crippen LogP contribution in [0.15, 0.2) is 45.6 Å². The van der Waals surface area contributed by atoms with Crippen molar-refractivity contribution in [1.82, 2.24) is 5.32 Å². The Labute approximate surface area is 121 Å². The molecule has 0 spiro atoms. The quantitative estimate of drug-likeness (QED) is 0.805. The van der Waals surface area contributed by atoms with Crippen LogP contribution >= 0.6 is 27.3 Å². The fraction of sp³-hybridized carbons (Fsp3) is 0.333. The summed E-state index contributed by atoms with van der Waals surface area (Å²) < 4.78 is 1.20. The summed E-state index contributed by atoms with van der Waals surface area (Å²) in [6.07, 6.45) is 2.26. The second-order valence-corrected chi connectivity index (χ2v) is 5.94. The first-order valence-electron chi connectivity index (χ1n) is 6.30. The van der Waals surface area contributed by atoms with E-state index in [-0.39, 0.29) is 0 Å². The van der Waals surface area contributed by atoms with Gasteiger partial charge in [-0.2, -0.15) is 11.3 Å². The molecule has 0 radical (unpaired) electrons. The van der Waals surface area contributed by atoms with Gasteiger partial charge in [0.2, 0.25) is 0 Å². The van der Waals surface area contributed by atoms with Gasteiger partial charge in [-0.25, -0.2) is 0 Å². The molecule has 0 aliphatic heterocycles. The molecule has 0 amide bonds. The first kappa shape index (κ1) is 13.8. The van der Waals surface area contributed by atoms with Crippen LogP contribution in [0.4, 0.5) is 0 Å². The molecule has 1 unspecified atom stereocenters. The van der Waals surface area contributed by atoms with Crippen molar-refractivity contribution in [2.24, 2.45) is 0 Å². The van der Waals surface area contributed by atoms with Crippen molar-refractivity contribution in [2.75, 3.05) is 6.54 Å². The van der Waals surface area contributed by atoms with E-state index in [1.807, 2.05) is 0 Å². The fourth-order valence-corrected chi connectivity index (χ4v) is 3.38. The van der Waals surface area contributed by atoms with E-state index < -0.39 is 0 Å². The molecule has 0 fully saturated rings. The zero-order chi connectivity index (χ0) is 12.8. The highest BCUT2D eigenvalue weighted by Gasteiger charge is 2.12. The minimum absolute atomic E-state index is 0.422. The Bertz CT molecular complexity index is 467. The molecule has 1 N–H and O–H groups in total. The van der Waals surface area contributed by atoms with Crippen LogP contribution in [0.2, 0.25) is 0 Å². The van der Waals surface area contributed by atoms with E-state index in [9.17, 15) is 0 Å². The maximum atomic E-state index is 3.65. The van der Waals surface area contributed by atoms with Gasteiger partial charge in [-0.3, -0.25) is 0 Å². The first-order valence-corrected chi connectivity index (χ1v) is 8.03. The molecule has 0 aliphatic rings. The molecular weight excluding hydrogens is 306 g/mol. The molecule has 2 aromatic rings. The van der Waals surface area contributed by atoms with Crippen LogP contribution in [0, 0.1) is 0 Å². The highest BCUT2D eigenvalue weighted by Crippen LogP contribution is 2.26. The number of hydrogen-bond acceptors (Lipinski definition) is 2. The van der Waals surface area contributed by atoms with E-state index in [4.69, 9.17) is 0 Å². The second-order valence-electron chi connectivity index (χ2n) is 4.30. The lowest BCUT2D eigenvalue weighted by Gasteiger charge is -2.19. The summed E-state index contributed by atoms with van der Waals surface area (Å²) in [4.78, 5) is 0. The third kappa shape index (κ3) is 3.67. The lowest BCUT2D eigenvalue weighted by Crippen LogP contribution is -2.21. The second kappa shape index (κ2) is 7.07. The topological polar surface area (TPSA) is 12.0 Å². The molecule has 0 bridgehead atoms. The summed E-state index contributed by atoms with van der Waals surface area (Å²) in [6, 6.07) is 11.1. The lowest BCUT2D eigenvalue weighted by atomic mass is 10.00. The Morgan fingerprint density at radius 2 is 2.11 bits per heavy atom. The van der Waals surface area contributed by atoms with Crippen LogP contribution in [0.25, 0.3) is 0 Å². The van der Waals surface area contributed by atoms with Crippen LogP contribution in [-0.4, -0.2) is 6.54 Å². The minimum atomic E-state index is 0.422. The molecule has 18 heavy (non-hydrogen) atoms. The molecule has 2 rings (SSSR count). The average molecular weight is 324 g/mol. The van der Waals surface area contributed by atoms with E-state index in [1.54, 1.807) is 11.3 Å². The molecule has 1 atom stereocenters. The Morgan fingerprint density at radius 3 is 2.78 bits per heavy atom. The highest BCUT2D eigenvalue weighted by atomic mass is 79.9. The van der Waals surface area contributed by atoms with Crippen molar-refractivity contribution in [3.8, 4) is 0 Å². The number of nitrogens with one attached hydrogen (secondary N) is 1. The molecule has 0 aliphatic carbocycles. The van der Waals surface area contributed by atoms with Crippen LogP contribution in [0.3, 0.4) is 0 Å². The van der Waals surface area contributed by atoms with Crippen LogP contribution in [-0.2, 0) is 6.42 Å². The molecule has 3 heteroatoms. The van der Waals surface area contributed by atoms with Gasteiger partial charge in [0.1, 0.15) is 0 Å². The van der Waals surface area contributed by atoms with Crippen LogP contribution in [0.5, 0.6) is 0 Å². The van der Waals surface area contributed by atoms with E-state index in [1.165, 1.54) is 15.6 Å². The molecular formula is C15H18BrNS. The Kier molecular flexibility index (Phi) is 5.42. The monoisotopic (exact) mass is 323 g/mol. The molecule has 1 nitrogen and oxygen atoms in total. The lowest BCUT2D eigenvalue weighted by molar-refractivity contribution is 0.514. The maximum absolute atomic E-state index is 3.65. The van der Waals surface area contributed by atoms with Crippen LogP contribution < -0.4 is 5.32 Å². The van der Waals surface area contributed by atoms with E-state index >= 15 is 0 Å². The zero-order valence-electron chi connectivity index (χ0n) is 10.5. The molecule has 1 aromatic heterocycles. The van der Waals surface area contributed by atoms with Gasteiger partial charge in [-0.1, -0.05) is 41.1 Å². The van der Waals surface area contributed by atoms with Gasteiger partial charge in [-0.05, 0) is 53.4 Å². The standard InChI is InChI=1S/C15H18BrNS/c1-2-17-15(8-7-12-9-10-18-11-12)13-5-3-4-6-14(13)16/h3-6,9-11,15,17H,2,7-8H2,1H3. The van der Waals surface area contributed by atoms with Gasteiger partial charge in [0.25, 0.3) is 0 Å².